The Morgan fingerprint density at radius 2 is 1.50 bits per heavy atom. The Kier molecular flexibility index (Phi) is 16.4. The van der Waals surface area contributed by atoms with E-state index in [4.69, 9.17) is 15.6 Å². The number of hydrogen-bond acceptors (Lipinski definition) is 4. The van der Waals surface area contributed by atoms with E-state index in [1.54, 1.807) is 6.08 Å². The molecule has 0 rings (SSSR count). The lowest BCUT2D eigenvalue weighted by atomic mass is 10.0. The van der Waals surface area contributed by atoms with Crippen LogP contribution in [0.25, 0.3) is 0 Å². The van der Waals surface area contributed by atoms with Gasteiger partial charge in [0.1, 0.15) is 6.10 Å². The van der Waals surface area contributed by atoms with Crippen LogP contribution in [-0.4, -0.2) is 29.8 Å². The number of nitrogens with two attached hydrogens (primary N) is 1. The third-order valence-electron chi connectivity index (χ3n) is 4.23. The van der Waals surface area contributed by atoms with Gasteiger partial charge in [-0.15, -0.1) is 0 Å². The van der Waals surface area contributed by atoms with Crippen molar-refractivity contribution in [3.63, 3.8) is 0 Å². The third kappa shape index (κ3) is 14.7. The largest absolute Gasteiger partial charge is 0.457 e. The van der Waals surface area contributed by atoms with Crippen molar-refractivity contribution >= 4 is 5.97 Å². The molecular formula is C20H39NO3. The predicted molar refractivity (Wildman–Crippen MR) is 101 cm³/mol. The molecule has 0 aliphatic rings. The molecule has 0 aromatic carbocycles. The van der Waals surface area contributed by atoms with E-state index in [0.29, 0.717) is 0 Å². The van der Waals surface area contributed by atoms with E-state index in [1.165, 1.54) is 71.1 Å². The minimum absolute atomic E-state index is 0.194. The number of hydrogen-bond donors (Lipinski definition) is 2. The zero-order valence-corrected chi connectivity index (χ0v) is 15.8. The molecule has 142 valence electrons. The number of ether oxygens (including phenoxy) is 1. The highest BCUT2D eigenvalue weighted by molar-refractivity contribution is 5.66. The van der Waals surface area contributed by atoms with Crippen LogP contribution in [0, 0.1) is 0 Å². The summed E-state index contributed by atoms with van der Waals surface area (Å²) >= 11 is 0. The van der Waals surface area contributed by atoms with E-state index in [0.717, 1.165) is 12.8 Å². The van der Waals surface area contributed by atoms with Gasteiger partial charge in [0.15, 0.2) is 0 Å². The van der Waals surface area contributed by atoms with Crippen LogP contribution in [0.5, 0.6) is 0 Å². The van der Waals surface area contributed by atoms with Crippen molar-refractivity contribution in [2.45, 2.75) is 103 Å². The van der Waals surface area contributed by atoms with Crippen LogP contribution in [0.1, 0.15) is 90.9 Å². The second-order valence-electron chi connectivity index (χ2n) is 6.67. The molecule has 0 saturated heterocycles. The van der Waals surface area contributed by atoms with Crippen LogP contribution in [0.3, 0.4) is 0 Å². The Balaban J connectivity index is 3.54. The second kappa shape index (κ2) is 17.0. The molecule has 24 heavy (non-hydrogen) atoms. The molecule has 0 fully saturated rings. The predicted octanol–water partition coefficient (Wildman–Crippen LogP) is 4.50. The molecule has 4 nitrogen and oxygen atoms in total. The molecular weight excluding hydrogens is 302 g/mol. The van der Waals surface area contributed by atoms with Crippen molar-refractivity contribution in [3.05, 3.63) is 12.2 Å². The maximum Gasteiger partial charge on any atom is 0.303 e. The number of unbranched alkanes of at least 4 members (excludes halogenated alkanes) is 11. The molecule has 0 radical (unpaired) electrons. The molecule has 2 atom stereocenters. The lowest BCUT2D eigenvalue weighted by molar-refractivity contribution is -0.145. The summed E-state index contributed by atoms with van der Waals surface area (Å²) in [5.41, 5.74) is 5.73. The number of rotatable bonds is 16. The summed E-state index contributed by atoms with van der Waals surface area (Å²) in [6, 6.07) is -0.553. The Morgan fingerprint density at radius 1 is 1.00 bits per heavy atom. The van der Waals surface area contributed by atoms with Crippen LogP contribution < -0.4 is 5.73 Å². The van der Waals surface area contributed by atoms with Crippen molar-refractivity contribution in [2.75, 3.05) is 6.61 Å². The number of aliphatic hydroxyl groups is 1. The maximum absolute atomic E-state index is 11.0. The van der Waals surface area contributed by atoms with Crippen LogP contribution in [0.15, 0.2) is 12.2 Å². The van der Waals surface area contributed by atoms with Gasteiger partial charge >= 0.3 is 5.97 Å². The first-order valence-electron chi connectivity index (χ1n) is 9.82. The number of aliphatic hydroxyl groups excluding tert-OH is 1. The fourth-order valence-corrected chi connectivity index (χ4v) is 2.72. The average molecular weight is 342 g/mol. The van der Waals surface area contributed by atoms with Gasteiger partial charge in [-0.25, -0.2) is 0 Å². The van der Waals surface area contributed by atoms with Crippen molar-refractivity contribution in [3.8, 4) is 0 Å². The number of allylic oxidation sites excluding steroid dienone is 1. The minimum Gasteiger partial charge on any atom is -0.457 e. The SMILES string of the molecule is CCCCCCCCCCCCC/C=C/[C@@H](OC(C)=O)[C@@H](N)CO. The standard InChI is InChI=1S/C20H39NO3/c1-3-4-5-6-7-8-9-10-11-12-13-14-15-16-20(19(21)17-22)24-18(2)23/h15-16,19-20,22H,3-14,17,21H2,1-2H3/b16-15+/t19-,20+/m0/s1. The van der Waals surface area contributed by atoms with Crippen LogP contribution >= 0.6 is 0 Å². The highest BCUT2D eigenvalue weighted by Gasteiger charge is 2.16. The number of carbonyl (C=O) groups excluding carboxylic acids is 1. The molecule has 3 N–H and O–H groups in total. The summed E-state index contributed by atoms with van der Waals surface area (Å²) in [6.07, 6.45) is 18.9. The molecule has 4 heteroatoms. The first kappa shape index (κ1) is 23.1. The molecule has 0 aliphatic heterocycles. The van der Waals surface area contributed by atoms with E-state index in [1.807, 2.05) is 6.08 Å². The topological polar surface area (TPSA) is 72.5 Å². The maximum atomic E-state index is 11.0. The van der Waals surface area contributed by atoms with Gasteiger partial charge in [-0.05, 0) is 18.9 Å². The van der Waals surface area contributed by atoms with Crippen LogP contribution in [0.4, 0.5) is 0 Å². The highest BCUT2D eigenvalue weighted by Crippen LogP contribution is 2.12. The Morgan fingerprint density at radius 3 is 1.96 bits per heavy atom. The molecule has 0 aliphatic carbocycles. The summed E-state index contributed by atoms with van der Waals surface area (Å²) < 4.78 is 5.10. The zero-order chi connectivity index (χ0) is 18.0. The molecule has 0 aromatic rings. The second-order valence-corrected chi connectivity index (χ2v) is 6.67. The summed E-state index contributed by atoms with van der Waals surface area (Å²) in [4.78, 5) is 11.0. The van der Waals surface area contributed by atoms with Gasteiger partial charge in [0.05, 0.1) is 12.6 Å². The summed E-state index contributed by atoms with van der Waals surface area (Å²) in [6.45, 7) is 3.42. The monoisotopic (exact) mass is 341 g/mol. The van der Waals surface area contributed by atoms with Gasteiger partial charge in [0.25, 0.3) is 0 Å². The Labute approximate surface area is 148 Å². The molecule has 0 bridgehead atoms. The quantitative estimate of drug-likeness (QED) is 0.246. The third-order valence-corrected chi connectivity index (χ3v) is 4.23. The van der Waals surface area contributed by atoms with Gasteiger partial charge in [0.2, 0.25) is 0 Å². The molecule has 0 aromatic heterocycles. The smallest absolute Gasteiger partial charge is 0.303 e. The summed E-state index contributed by atoms with van der Waals surface area (Å²) in [7, 11) is 0. The van der Waals surface area contributed by atoms with Crippen molar-refractivity contribution in [1.82, 2.24) is 0 Å². The average Bonchev–Trinajstić information content (AvgIpc) is 2.56. The summed E-state index contributed by atoms with van der Waals surface area (Å²) in [5, 5.41) is 9.07. The first-order chi connectivity index (χ1) is 11.6. The normalized spacial score (nSPS) is 14.0. The lowest BCUT2D eigenvalue weighted by Gasteiger charge is -2.18. The minimum atomic E-state index is -0.553. The molecule has 0 unspecified atom stereocenters. The van der Waals surface area contributed by atoms with E-state index in [2.05, 4.69) is 6.92 Å². The van der Waals surface area contributed by atoms with Gasteiger partial charge < -0.3 is 15.6 Å². The first-order valence-corrected chi connectivity index (χ1v) is 9.82. The van der Waals surface area contributed by atoms with Crippen molar-refractivity contribution in [1.29, 1.82) is 0 Å². The fraction of sp³-hybridized carbons (Fsp3) is 0.850. The Bertz CT molecular complexity index is 318. The Hall–Kier alpha value is -0.870. The van der Waals surface area contributed by atoms with Crippen molar-refractivity contribution < 1.29 is 14.6 Å². The highest BCUT2D eigenvalue weighted by atomic mass is 16.5. The van der Waals surface area contributed by atoms with Crippen LogP contribution in [0.2, 0.25) is 0 Å². The van der Waals surface area contributed by atoms with Gasteiger partial charge in [-0.1, -0.05) is 77.2 Å². The molecule has 0 heterocycles. The molecule has 0 amide bonds. The van der Waals surface area contributed by atoms with Gasteiger partial charge in [-0.2, -0.15) is 0 Å². The van der Waals surface area contributed by atoms with E-state index >= 15 is 0 Å². The molecule has 0 saturated carbocycles. The lowest BCUT2D eigenvalue weighted by Crippen LogP contribution is -2.39. The van der Waals surface area contributed by atoms with Gasteiger partial charge in [0, 0.05) is 6.92 Å². The van der Waals surface area contributed by atoms with E-state index in [-0.39, 0.29) is 12.6 Å². The van der Waals surface area contributed by atoms with E-state index < -0.39 is 12.1 Å². The number of carbonyl (C=O) groups is 1. The number of esters is 1. The molecule has 0 spiro atoms. The van der Waals surface area contributed by atoms with Crippen LogP contribution in [-0.2, 0) is 9.53 Å². The van der Waals surface area contributed by atoms with E-state index in [9.17, 15) is 4.79 Å². The van der Waals surface area contributed by atoms with Gasteiger partial charge in [-0.3, -0.25) is 4.79 Å². The van der Waals surface area contributed by atoms with Crippen molar-refractivity contribution in [2.24, 2.45) is 5.73 Å². The zero-order valence-electron chi connectivity index (χ0n) is 15.8. The summed E-state index contributed by atoms with van der Waals surface area (Å²) in [5.74, 6) is -0.372. The fourth-order valence-electron chi connectivity index (χ4n) is 2.72.